The van der Waals surface area contributed by atoms with Crippen LogP contribution in [0, 0.1) is 0 Å². The maximum atomic E-state index is 12.2. The third kappa shape index (κ3) is 4.18. The molecule has 116 valence electrons. The first-order valence-corrected chi connectivity index (χ1v) is 7.33. The highest BCUT2D eigenvalue weighted by atomic mass is 16.5. The zero-order valence-corrected chi connectivity index (χ0v) is 12.8. The zero-order chi connectivity index (χ0) is 15.2. The highest BCUT2D eigenvalue weighted by molar-refractivity contribution is 5.86. The first kappa shape index (κ1) is 16.9. The SMILES string of the molecule is CCC(N)(CC)C(=O)NC1CCN(C(=O)COC)CC1. The molecule has 0 unspecified atom stereocenters. The van der Waals surface area contributed by atoms with E-state index in [0.29, 0.717) is 25.9 Å². The minimum absolute atomic E-state index is 0.00700. The summed E-state index contributed by atoms with van der Waals surface area (Å²) in [7, 11) is 1.52. The molecular formula is C14H27N3O3. The Labute approximate surface area is 121 Å². The molecule has 6 heteroatoms. The lowest BCUT2D eigenvalue weighted by atomic mass is 9.92. The number of carbonyl (C=O) groups excluding carboxylic acids is 2. The van der Waals surface area contributed by atoms with Crippen molar-refractivity contribution >= 4 is 11.8 Å². The Bertz CT molecular complexity index is 335. The van der Waals surface area contributed by atoms with E-state index in [1.165, 1.54) is 7.11 Å². The van der Waals surface area contributed by atoms with Crippen molar-refractivity contribution in [3.8, 4) is 0 Å². The summed E-state index contributed by atoms with van der Waals surface area (Å²) in [4.78, 5) is 25.6. The second-order valence-electron chi connectivity index (χ2n) is 5.42. The highest BCUT2D eigenvalue weighted by Gasteiger charge is 2.32. The Kier molecular flexibility index (Phi) is 6.42. The largest absolute Gasteiger partial charge is 0.375 e. The van der Waals surface area contributed by atoms with Crippen LogP contribution in [0.5, 0.6) is 0 Å². The summed E-state index contributed by atoms with van der Waals surface area (Å²) in [5.41, 5.74) is 5.30. The lowest BCUT2D eigenvalue weighted by Crippen LogP contribution is -2.57. The molecule has 1 fully saturated rings. The van der Waals surface area contributed by atoms with Crippen LogP contribution in [0.2, 0.25) is 0 Å². The number of rotatable bonds is 6. The Morgan fingerprint density at radius 1 is 1.30 bits per heavy atom. The van der Waals surface area contributed by atoms with Gasteiger partial charge in [-0.15, -0.1) is 0 Å². The summed E-state index contributed by atoms with van der Waals surface area (Å²) < 4.78 is 4.84. The second kappa shape index (κ2) is 7.59. The molecule has 6 nitrogen and oxygen atoms in total. The summed E-state index contributed by atoms with van der Waals surface area (Å²) in [6.07, 6.45) is 2.79. The fourth-order valence-corrected chi connectivity index (χ4v) is 2.39. The maximum absolute atomic E-state index is 12.2. The van der Waals surface area contributed by atoms with Crippen LogP contribution < -0.4 is 11.1 Å². The van der Waals surface area contributed by atoms with Crippen molar-refractivity contribution in [3.63, 3.8) is 0 Å². The molecule has 0 atom stereocenters. The molecule has 0 aromatic carbocycles. The number of hydrogen-bond donors (Lipinski definition) is 2. The number of nitrogens with one attached hydrogen (secondary N) is 1. The van der Waals surface area contributed by atoms with E-state index < -0.39 is 5.54 Å². The van der Waals surface area contributed by atoms with Crippen LogP contribution >= 0.6 is 0 Å². The van der Waals surface area contributed by atoms with Crippen molar-refractivity contribution in [2.24, 2.45) is 5.73 Å². The van der Waals surface area contributed by atoms with Crippen molar-refractivity contribution in [2.45, 2.75) is 51.1 Å². The van der Waals surface area contributed by atoms with Gasteiger partial charge in [0.1, 0.15) is 6.61 Å². The number of ether oxygens (including phenoxy) is 1. The smallest absolute Gasteiger partial charge is 0.248 e. The van der Waals surface area contributed by atoms with Crippen LogP contribution in [0.4, 0.5) is 0 Å². The van der Waals surface area contributed by atoms with E-state index in [1.807, 2.05) is 13.8 Å². The highest BCUT2D eigenvalue weighted by Crippen LogP contribution is 2.15. The van der Waals surface area contributed by atoms with Gasteiger partial charge in [0.05, 0.1) is 5.54 Å². The molecule has 0 bridgehead atoms. The summed E-state index contributed by atoms with van der Waals surface area (Å²) >= 11 is 0. The number of amides is 2. The van der Waals surface area contributed by atoms with E-state index in [4.69, 9.17) is 10.5 Å². The number of methoxy groups -OCH3 is 1. The minimum Gasteiger partial charge on any atom is -0.375 e. The lowest BCUT2D eigenvalue weighted by molar-refractivity contribution is -0.136. The average molecular weight is 285 g/mol. The van der Waals surface area contributed by atoms with Gasteiger partial charge in [-0.25, -0.2) is 0 Å². The van der Waals surface area contributed by atoms with E-state index in [1.54, 1.807) is 4.90 Å². The fraction of sp³-hybridized carbons (Fsp3) is 0.857. The van der Waals surface area contributed by atoms with Crippen molar-refractivity contribution in [3.05, 3.63) is 0 Å². The monoisotopic (exact) mass is 285 g/mol. The molecule has 0 aromatic heterocycles. The molecule has 0 saturated carbocycles. The summed E-state index contributed by atoms with van der Waals surface area (Å²) in [6.45, 7) is 5.28. The molecule has 1 aliphatic rings. The van der Waals surface area contributed by atoms with Gasteiger partial charge < -0.3 is 20.7 Å². The van der Waals surface area contributed by atoms with Crippen molar-refractivity contribution in [2.75, 3.05) is 26.8 Å². The molecule has 1 rings (SSSR count). The molecular weight excluding hydrogens is 258 g/mol. The topological polar surface area (TPSA) is 84.7 Å². The predicted molar refractivity (Wildman–Crippen MR) is 77.1 cm³/mol. The summed E-state index contributed by atoms with van der Waals surface area (Å²) in [5, 5.41) is 3.02. The first-order valence-electron chi connectivity index (χ1n) is 7.33. The van der Waals surface area contributed by atoms with Gasteiger partial charge in [0, 0.05) is 26.2 Å². The number of nitrogens with two attached hydrogens (primary N) is 1. The Balaban J connectivity index is 2.43. The molecule has 1 aliphatic heterocycles. The molecule has 0 aliphatic carbocycles. The summed E-state index contributed by atoms with van der Waals surface area (Å²) in [5.74, 6) is -0.0725. The van der Waals surface area contributed by atoms with E-state index >= 15 is 0 Å². The van der Waals surface area contributed by atoms with Gasteiger partial charge in [-0.1, -0.05) is 13.8 Å². The van der Waals surface area contributed by atoms with Gasteiger partial charge in [-0.2, -0.15) is 0 Å². The normalized spacial score (nSPS) is 17.1. The number of hydrogen-bond acceptors (Lipinski definition) is 4. The van der Waals surface area contributed by atoms with E-state index in [0.717, 1.165) is 12.8 Å². The molecule has 0 radical (unpaired) electrons. The maximum Gasteiger partial charge on any atom is 0.248 e. The number of piperidine rings is 1. The van der Waals surface area contributed by atoms with Crippen LogP contribution in [0.15, 0.2) is 0 Å². The first-order chi connectivity index (χ1) is 9.46. The average Bonchev–Trinajstić information content (AvgIpc) is 2.47. The quantitative estimate of drug-likeness (QED) is 0.733. The van der Waals surface area contributed by atoms with Gasteiger partial charge in [0.25, 0.3) is 0 Å². The van der Waals surface area contributed by atoms with Crippen LogP contribution in [-0.4, -0.2) is 55.1 Å². The van der Waals surface area contributed by atoms with Crippen LogP contribution in [-0.2, 0) is 14.3 Å². The third-order valence-electron chi connectivity index (χ3n) is 4.16. The van der Waals surface area contributed by atoms with Crippen LogP contribution in [0.3, 0.4) is 0 Å². The number of likely N-dealkylation sites (tertiary alicyclic amines) is 1. The number of carbonyl (C=O) groups is 2. The zero-order valence-electron chi connectivity index (χ0n) is 12.8. The van der Waals surface area contributed by atoms with Crippen LogP contribution in [0.25, 0.3) is 0 Å². The van der Waals surface area contributed by atoms with Gasteiger partial charge in [-0.3, -0.25) is 9.59 Å². The molecule has 2 amide bonds. The van der Waals surface area contributed by atoms with Gasteiger partial charge in [0.2, 0.25) is 11.8 Å². The lowest BCUT2D eigenvalue weighted by Gasteiger charge is -2.34. The second-order valence-corrected chi connectivity index (χ2v) is 5.42. The molecule has 20 heavy (non-hydrogen) atoms. The predicted octanol–water partition coefficient (Wildman–Crippen LogP) is 0.258. The third-order valence-corrected chi connectivity index (χ3v) is 4.16. The molecule has 0 spiro atoms. The Morgan fingerprint density at radius 3 is 2.30 bits per heavy atom. The van der Waals surface area contributed by atoms with Gasteiger partial charge >= 0.3 is 0 Å². The standard InChI is InChI=1S/C14H27N3O3/c1-4-14(15,5-2)13(19)16-11-6-8-17(9-7-11)12(18)10-20-3/h11H,4-10,15H2,1-3H3,(H,16,19). The van der Waals surface area contributed by atoms with E-state index in [2.05, 4.69) is 5.32 Å². The molecule has 1 heterocycles. The summed E-state index contributed by atoms with van der Waals surface area (Å²) in [6, 6.07) is 0.107. The van der Waals surface area contributed by atoms with Crippen molar-refractivity contribution in [1.29, 1.82) is 0 Å². The van der Waals surface area contributed by atoms with E-state index in [-0.39, 0.29) is 24.5 Å². The van der Waals surface area contributed by atoms with Gasteiger partial charge in [0.15, 0.2) is 0 Å². The van der Waals surface area contributed by atoms with E-state index in [9.17, 15) is 9.59 Å². The minimum atomic E-state index is -0.775. The number of nitrogens with zero attached hydrogens (tertiary/aromatic N) is 1. The van der Waals surface area contributed by atoms with Crippen molar-refractivity contribution in [1.82, 2.24) is 10.2 Å². The Morgan fingerprint density at radius 2 is 1.85 bits per heavy atom. The van der Waals surface area contributed by atoms with Gasteiger partial charge in [-0.05, 0) is 25.7 Å². The van der Waals surface area contributed by atoms with Crippen LogP contribution in [0.1, 0.15) is 39.5 Å². The fourth-order valence-electron chi connectivity index (χ4n) is 2.39. The van der Waals surface area contributed by atoms with Crippen molar-refractivity contribution < 1.29 is 14.3 Å². The molecule has 0 aromatic rings. The molecule has 1 saturated heterocycles. The Hall–Kier alpha value is -1.14. The molecule has 3 N–H and O–H groups in total.